The van der Waals surface area contributed by atoms with Gasteiger partial charge in [-0.1, -0.05) is 17.3 Å². The lowest BCUT2D eigenvalue weighted by Crippen LogP contribution is -2.27. The summed E-state index contributed by atoms with van der Waals surface area (Å²) in [5.41, 5.74) is -0.207. The third kappa shape index (κ3) is 4.03. The Morgan fingerprint density at radius 1 is 1.07 bits per heavy atom. The Morgan fingerprint density at radius 3 is 2.37 bits per heavy atom. The maximum atomic E-state index is 13.5. The lowest BCUT2D eigenvalue weighted by atomic mass is 10.1. The summed E-state index contributed by atoms with van der Waals surface area (Å²) in [5, 5.41) is 3.79. The van der Waals surface area contributed by atoms with Crippen molar-refractivity contribution < 1.29 is 31.3 Å². The van der Waals surface area contributed by atoms with E-state index in [0.29, 0.717) is 12.0 Å². The molecule has 4 rings (SSSR count). The van der Waals surface area contributed by atoms with Crippen LogP contribution in [-0.4, -0.2) is 20.9 Å². The minimum absolute atomic E-state index is 0.0455. The second-order valence-electron chi connectivity index (χ2n) is 6.89. The number of amides is 1. The molecule has 1 aromatic heterocycles. The first kappa shape index (κ1) is 20.0. The van der Waals surface area contributed by atoms with Crippen molar-refractivity contribution >= 4 is 5.91 Å². The van der Waals surface area contributed by atoms with E-state index < -0.39 is 29.4 Å². The van der Waals surface area contributed by atoms with Crippen LogP contribution in [-0.2, 0) is 17.5 Å². The van der Waals surface area contributed by atoms with Crippen LogP contribution in [0.1, 0.15) is 35.9 Å². The second-order valence-corrected chi connectivity index (χ2v) is 6.89. The summed E-state index contributed by atoms with van der Waals surface area (Å²) in [6.45, 7) is -0.0455. The van der Waals surface area contributed by atoms with Crippen molar-refractivity contribution in [3.8, 4) is 11.4 Å². The molecule has 1 amide bonds. The van der Waals surface area contributed by atoms with Crippen LogP contribution in [0, 0.1) is 11.6 Å². The van der Waals surface area contributed by atoms with Crippen LogP contribution in [0.3, 0.4) is 0 Å². The van der Waals surface area contributed by atoms with Gasteiger partial charge in [0.1, 0.15) is 17.7 Å². The maximum Gasteiger partial charge on any atom is 0.416 e. The molecule has 0 aliphatic carbocycles. The van der Waals surface area contributed by atoms with Crippen LogP contribution >= 0.6 is 0 Å². The molecule has 1 atom stereocenters. The molecule has 0 bridgehead atoms. The second kappa shape index (κ2) is 7.51. The number of aromatic nitrogens is 2. The first-order valence-corrected chi connectivity index (χ1v) is 8.96. The minimum atomic E-state index is -4.46. The van der Waals surface area contributed by atoms with E-state index in [9.17, 15) is 26.7 Å². The molecule has 156 valence electrons. The smallest absolute Gasteiger partial charge is 0.337 e. The Morgan fingerprint density at radius 2 is 1.73 bits per heavy atom. The number of halogens is 5. The van der Waals surface area contributed by atoms with E-state index in [1.54, 1.807) is 0 Å². The molecule has 1 aliphatic rings. The van der Waals surface area contributed by atoms with Crippen molar-refractivity contribution in [1.82, 2.24) is 15.0 Å². The van der Waals surface area contributed by atoms with Gasteiger partial charge in [-0.15, -0.1) is 0 Å². The third-order valence-electron chi connectivity index (χ3n) is 4.80. The lowest BCUT2D eigenvalue weighted by Gasteiger charge is -2.22. The summed E-state index contributed by atoms with van der Waals surface area (Å²) in [5.74, 6) is -1.56. The lowest BCUT2D eigenvalue weighted by molar-refractivity contribution is -0.137. The zero-order chi connectivity index (χ0) is 21.5. The van der Waals surface area contributed by atoms with Gasteiger partial charge in [-0.2, -0.15) is 18.2 Å². The van der Waals surface area contributed by atoms with Crippen LogP contribution < -0.4 is 0 Å². The highest BCUT2D eigenvalue weighted by atomic mass is 19.4. The highest BCUT2D eigenvalue weighted by Crippen LogP contribution is 2.35. The van der Waals surface area contributed by atoms with Gasteiger partial charge in [0.15, 0.2) is 0 Å². The summed E-state index contributed by atoms with van der Waals surface area (Å²) >= 11 is 0. The van der Waals surface area contributed by atoms with Gasteiger partial charge >= 0.3 is 6.18 Å². The van der Waals surface area contributed by atoms with E-state index >= 15 is 0 Å². The number of alkyl halides is 3. The van der Waals surface area contributed by atoms with Gasteiger partial charge in [-0.3, -0.25) is 4.79 Å². The Bertz CT molecular complexity index is 1060. The van der Waals surface area contributed by atoms with Gasteiger partial charge in [-0.05, 0) is 36.2 Å². The topological polar surface area (TPSA) is 59.2 Å². The van der Waals surface area contributed by atoms with Crippen LogP contribution in [0.25, 0.3) is 11.4 Å². The zero-order valence-electron chi connectivity index (χ0n) is 15.3. The molecule has 1 aliphatic heterocycles. The van der Waals surface area contributed by atoms with Crippen molar-refractivity contribution in [1.29, 1.82) is 0 Å². The molecule has 0 spiro atoms. The average Bonchev–Trinajstić information content (AvgIpc) is 3.28. The summed E-state index contributed by atoms with van der Waals surface area (Å²) in [4.78, 5) is 17.9. The van der Waals surface area contributed by atoms with E-state index in [1.807, 2.05) is 0 Å². The van der Waals surface area contributed by atoms with Gasteiger partial charge in [0.05, 0.1) is 5.56 Å². The Balaban J connectivity index is 1.56. The summed E-state index contributed by atoms with van der Waals surface area (Å²) in [6, 6.07) is 6.68. The average molecular weight is 423 g/mol. The van der Waals surface area contributed by atoms with Crippen LogP contribution in [0.4, 0.5) is 22.0 Å². The van der Waals surface area contributed by atoms with Crippen molar-refractivity contribution in [2.75, 3.05) is 0 Å². The number of benzene rings is 2. The molecule has 30 heavy (non-hydrogen) atoms. The van der Waals surface area contributed by atoms with E-state index in [-0.39, 0.29) is 36.2 Å². The Kier molecular flexibility index (Phi) is 5.00. The van der Waals surface area contributed by atoms with Gasteiger partial charge in [-0.25, -0.2) is 8.78 Å². The van der Waals surface area contributed by atoms with E-state index in [1.165, 1.54) is 17.0 Å². The maximum absolute atomic E-state index is 13.5. The van der Waals surface area contributed by atoms with Crippen molar-refractivity contribution in [2.24, 2.45) is 0 Å². The number of hydrogen-bond donors (Lipinski definition) is 0. The molecule has 1 fully saturated rings. The number of carbonyl (C=O) groups is 1. The molecule has 0 N–H and O–H groups in total. The minimum Gasteiger partial charge on any atom is -0.337 e. The van der Waals surface area contributed by atoms with E-state index in [4.69, 9.17) is 4.52 Å². The predicted molar refractivity (Wildman–Crippen MR) is 93.6 cm³/mol. The SMILES string of the molecule is O=C1CCC(c2nc(-c3ccc(C(F)(F)F)cc3)no2)N1Cc1cc(F)cc(F)c1. The quantitative estimate of drug-likeness (QED) is 0.561. The number of hydrogen-bond acceptors (Lipinski definition) is 4. The molecule has 0 saturated carbocycles. The monoisotopic (exact) mass is 423 g/mol. The van der Waals surface area contributed by atoms with Crippen molar-refractivity contribution in [3.63, 3.8) is 0 Å². The summed E-state index contributed by atoms with van der Waals surface area (Å²) in [7, 11) is 0. The molecule has 5 nitrogen and oxygen atoms in total. The largest absolute Gasteiger partial charge is 0.416 e. The summed E-state index contributed by atoms with van der Waals surface area (Å²) < 4.78 is 70.3. The predicted octanol–water partition coefficient (Wildman–Crippen LogP) is 4.90. The van der Waals surface area contributed by atoms with Crippen molar-refractivity contribution in [3.05, 3.63) is 71.1 Å². The Labute approximate surface area is 167 Å². The number of rotatable bonds is 4. The molecule has 3 aromatic rings. The first-order valence-electron chi connectivity index (χ1n) is 8.96. The molecule has 1 saturated heterocycles. The molecule has 2 heterocycles. The third-order valence-corrected chi connectivity index (χ3v) is 4.80. The fourth-order valence-electron chi connectivity index (χ4n) is 3.38. The van der Waals surface area contributed by atoms with E-state index in [0.717, 1.165) is 30.3 Å². The zero-order valence-corrected chi connectivity index (χ0v) is 15.3. The molecular formula is C20H14F5N3O2. The number of nitrogens with zero attached hydrogens (tertiary/aromatic N) is 3. The number of likely N-dealkylation sites (tertiary alicyclic amines) is 1. The first-order chi connectivity index (χ1) is 14.2. The molecule has 10 heteroatoms. The fourth-order valence-corrected chi connectivity index (χ4v) is 3.38. The van der Waals surface area contributed by atoms with E-state index in [2.05, 4.69) is 10.1 Å². The van der Waals surface area contributed by atoms with Gasteiger partial charge < -0.3 is 9.42 Å². The molecule has 0 radical (unpaired) electrons. The van der Waals surface area contributed by atoms with Crippen molar-refractivity contribution in [2.45, 2.75) is 31.6 Å². The van der Waals surface area contributed by atoms with Gasteiger partial charge in [0.25, 0.3) is 0 Å². The normalized spacial score (nSPS) is 17.0. The Hall–Kier alpha value is -3.30. The summed E-state index contributed by atoms with van der Waals surface area (Å²) in [6.07, 6.45) is -3.90. The highest BCUT2D eigenvalue weighted by molar-refractivity contribution is 5.78. The molecule has 2 aromatic carbocycles. The van der Waals surface area contributed by atoms with Gasteiger partial charge in [0.2, 0.25) is 17.6 Å². The van der Waals surface area contributed by atoms with Crippen LogP contribution in [0.2, 0.25) is 0 Å². The molecular weight excluding hydrogens is 409 g/mol. The number of carbonyl (C=O) groups excluding carboxylic acids is 1. The van der Waals surface area contributed by atoms with Gasteiger partial charge in [0, 0.05) is 24.6 Å². The van der Waals surface area contributed by atoms with Crippen LogP contribution in [0.5, 0.6) is 0 Å². The fraction of sp³-hybridized carbons (Fsp3) is 0.250. The molecule has 1 unspecified atom stereocenters. The standard InChI is InChI=1S/C20H14F5N3O2/c21-14-7-11(8-15(22)9-14)10-28-16(5-6-17(28)29)19-26-18(27-30-19)12-1-3-13(4-2-12)20(23,24)25/h1-4,7-9,16H,5-6,10H2. The highest BCUT2D eigenvalue weighted by Gasteiger charge is 2.36. The van der Waals surface area contributed by atoms with Crippen LogP contribution in [0.15, 0.2) is 47.0 Å².